The minimum Gasteiger partial charge on any atom is -0.479 e. The molecule has 34 heavy (non-hydrogen) atoms. The fourth-order valence-electron chi connectivity index (χ4n) is 3.70. The number of nitrogens with one attached hydrogen (secondary N) is 1. The van der Waals surface area contributed by atoms with Crippen LogP contribution in [0.3, 0.4) is 0 Å². The van der Waals surface area contributed by atoms with E-state index in [1.54, 1.807) is 0 Å². The van der Waals surface area contributed by atoms with Crippen LogP contribution in [0.4, 0.5) is 35.1 Å². The number of hydrogen-bond donors (Lipinski definition) is 1. The topological polar surface area (TPSA) is 85.3 Å². The lowest BCUT2D eigenvalue weighted by Crippen LogP contribution is -2.46. The maximum atomic E-state index is 14.5. The Hall–Kier alpha value is -3.54. The van der Waals surface area contributed by atoms with Gasteiger partial charge in [-0.3, -0.25) is 0 Å². The molecule has 1 saturated heterocycles. The van der Waals surface area contributed by atoms with Crippen LogP contribution in [-0.4, -0.2) is 52.6 Å². The van der Waals surface area contributed by atoms with E-state index in [0.717, 1.165) is 18.3 Å². The second-order valence-electron chi connectivity index (χ2n) is 7.88. The molecule has 0 spiro atoms. The second kappa shape index (κ2) is 9.37. The van der Waals surface area contributed by atoms with Gasteiger partial charge in [-0.05, 0) is 37.6 Å². The van der Waals surface area contributed by atoms with Crippen LogP contribution >= 0.6 is 0 Å². The third-order valence-corrected chi connectivity index (χ3v) is 5.16. The van der Waals surface area contributed by atoms with Gasteiger partial charge in [-0.25, -0.2) is 9.37 Å². The number of methoxy groups -OCH3 is 1. The summed E-state index contributed by atoms with van der Waals surface area (Å²) in [4.78, 5) is 10.3. The van der Waals surface area contributed by atoms with Gasteiger partial charge in [0.2, 0.25) is 11.8 Å². The van der Waals surface area contributed by atoms with Crippen LogP contribution in [-0.2, 0) is 10.9 Å². The predicted molar refractivity (Wildman–Crippen MR) is 117 cm³/mol. The summed E-state index contributed by atoms with van der Waals surface area (Å²) in [5, 5.41) is 10.7. The minimum atomic E-state index is -4.45. The summed E-state index contributed by atoms with van der Waals surface area (Å²) in [6.45, 7) is 4.97. The van der Waals surface area contributed by atoms with Crippen molar-refractivity contribution in [2.45, 2.75) is 32.2 Å². The highest BCUT2D eigenvalue weighted by molar-refractivity contribution is 5.72. The first kappa shape index (κ1) is 23.6. The summed E-state index contributed by atoms with van der Waals surface area (Å²) in [6.07, 6.45) is -3.46. The molecule has 0 radical (unpaired) electrons. The molecule has 0 unspecified atom stereocenters. The van der Waals surface area contributed by atoms with Crippen LogP contribution in [0.25, 0.3) is 11.1 Å². The van der Waals surface area contributed by atoms with Crippen LogP contribution in [0.5, 0.6) is 5.88 Å². The SMILES string of the molecule is COc1nnc(Nc2nc(N3C[C@@H](C)O[C@@H](C)C3)ncc2F)cc1-c1ccc(C(F)(F)F)cc1. The van der Waals surface area contributed by atoms with E-state index in [4.69, 9.17) is 9.47 Å². The first-order valence-corrected chi connectivity index (χ1v) is 10.4. The zero-order valence-electron chi connectivity index (χ0n) is 18.6. The highest BCUT2D eigenvalue weighted by Crippen LogP contribution is 2.34. The molecular formula is C22H22F4N6O2. The standard InChI is InChI=1S/C22H22F4N6O2/c1-12-10-32(11-13(2)34-12)21-27-9-17(23)19(29-21)28-18-8-16(20(33-3)31-30-18)14-4-6-15(7-5-14)22(24,25)26/h4-9,12-13H,10-11H2,1-3H3,(H,27,28,29,30)/t12-,13+. The van der Waals surface area contributed by atoms with E-state index >= 15 is 0 Å². The average Bonchev–Trinajstić information content (AvgIpc) is 2.79. The minimum absolute atomic E-state index is 0.0347. The summed E-state index contributed by atoms with van der Waals surface area (Å²) in [7, 11) is 1.37. The molecule has 4 rings (SSSR count). The molecule has 1 N–H and O–H groups in total. The van der Waals surface area contributed by atoms with Crippen molar-refractivity contribution in [3.05, 3.63) is 47.9 Å². The zero-order chi connectivity index (χ0) is 24.5. The van der Waals surface area contributed by atoms with Gasteiger partial charge in [0, 0.05) is 18.7 Å². The van der Waals surface area contributed by atoms with E-state index in [0.29, 0.717) is 30.2 Å². The maximum Gasteiger partial charge on any atom is 0.416 e. The van der Waals surface area contributed by atoms with Gasteiger partial charge in [-0.2, -0.15) is 18.2 Å². The van der Waals surface area contributed by atoms with Crippen LogP contribution < -0.4 is 15.0 Å². The second-order valence-corrected chi connectivity index (χ2v) is 7.88. The highest BCUT2D eigenvalue weighted by atomic mass is 19.4. The molecule has 1 aliphatic heterocycles. The van der Waals surface area contributed by atoms with Gasteiger partial charge >= 0.3 is 6.18 Å². The van der Waals surface area contributed by atoms with Crippen LogP contribution in [0.1, 0.15) is 19.4 Å². The molecule has 1 aromatic carbocycles. The number of rotatable bonds is 5. The Bertz CT molecular complexity index is 1150. The Balaban J connectivity index is 1.62. The van der Waals surface area contributed by atoms with E-state index in [1.807, 2.05) is 18.7 Å². The van der Waals surface area contributed by atoms with Crippen molar-refractivity contribution in [2.24, 2.45) is 0 Å². The number of aromatic nitrogens is 4. The van der Waals surface area contributed by atoms with Crippen molar-refractivity contribution >= 4 is 17.6 Å². The van der Waals surface area contributed by atoms with E-state index in [-0.39, 0.29) is 29.7 Å². The van der Waals surface area contributed by atoms with Gasteiger partial charge in [0.15, 0.2) is 17.5 Å². The van der Waals surface area contributed by atoms with E-state index in [9.17, 15) is 17.6 Å². The summed E-state index contributed by atoms with van der Waals surface area (Å²) >= 11 is 0. The van der Waals surface area contributed by atoms with Crippen LogP contribution in [0.2, 0.25) is 0 Å². The largest absolute Gasteiger partial charge is 0.479 e. The number of benzene rings is 1. The van der Waals surface area contributed by atoms with E-state index < -0.39 is 17.6 Å². The van der Waals surface area contributed by atoms with Crippen molar-refractivity contribution < 1.29 is 27.0 Å². The summed E-state index contributed by atoms with van der Waals surface area (Å²) in [5.41, 5.74) is 0.0140. The Kier molecular flexibility index (Phi) is 6.51. The summed E-state index contributed by atoms with van der Waals surface area (Å²) in [5.74, 6) is -0.259. The Labute approximate surface area is 193 Å². The molecule has 8 nitrogen and oxygen atoms in total. The summed E-state index contributed by atoms with van der Waals surface area (Å²) in [6, 6.07) is 6.02. The van der Waals surface area contributed by atoms with Crippen molar-refractivity contribution in [3.63, 3.8) is 0 Å². The lowest BCUT2D eigenvalue weighted by molar-refractivity contribution is -0.137. The van der Waals surface area contributed by atoms with Crippen molar-refractivity contribution in [3.8, 4) is 17.0 Å². The quantitative estimate of drug-likeness (QED) is 0.539. The molecule has 1 aliphatic rings. The monoisotopic (exact) mass is 478 g/mol. The van der Waals surface area contributed by atoms with Crippen molar-refractivity contribution in [2.75, 3.05) is 30.4 Å². The lowest BCUT2D eigenvalue weighted by Gasteiger charge is -2.35. The third kappa shape index (κ3) is 5.16. The Morgan fingerprint density at radius 1 is 1.09 bits per heavy atom. The molecule has 0 amide bonds. The van der Waals surface area contributed by atoms with Gasteiger partial charge in [0.1, 0.15) is 0 Å². The zero-order valence-corrected chi connectivity index (χ0v) is 18.6. The van der Waals surface area contributed by atoms with Gasteiger partial charge in [-0.1, -0.05) is 12.1 Å². The van der Waals surface area contributed by atoms with Crippen LogP contribution in [0, 0.1) is 5.82 Å². The molecule has 12 heteroatoms. The number of halogens is 4. The maximum absolute atomic E-state index is 14.5. The first-order valence-electron chi connectivity index (χ1n) is 10.4. The number of anilines is 3. The van der Waals surface area contributed by atoms with Gasteiger partial charge in [0.05, 0.1) is 31.1 Å². The lowest BCUT2D eigenvalue weighted by atomic mass is 10.1. The Morgan fingerprint density at radius 3 is 2.38 bits per heavy atom. The first-order chi connectivity index (χ1) is 16.1. The van der Waals surface area contributed by atoms with Gasteiger partial charge < -0.3 is 19.7 Å². The molecule has 2 atom stereocenters. The third-order valence-electron chi connectivity index (χ3n) is 5.16. The van der Waals surface area contributed by atoms with Gasteiger partial charge in [-0.15, -0.1) is 10.2 Å². The fourth-order valence-corrected chi connectivity index (χ4v) is 3.70. The number of ether oxygens (including phenoxy) is 2. The van der Waals surface area contributed by atoms with Gasteiger partial charge in [0.25, 0.3) is 0 Å². The predicted octanol–water partition coefficient (Wildman–Crippen LogP) is 4.46. The smallest absolute Gasteiger partial charge is 0.416 e. The number of nitrogens with zero attached hydrogens (tertiary/aromatic N) is 5. The number of morpholine rings is 1. The van der Waals surface area contributed by atoms with E-state index in [2.05, 4.69) is 25.5 Å². The van der Waals surface area contributed by atoms with Crippen molar-refractivity contribution in [1.29, 1.82) is 0 Å². The molecule has 2 aromatic heterocycles. The molecule has 3 aromatic rings. The molecule has 3 heterocycles. The average molecular weight is 478 g/mol. The Morgan fingerprint density at radius 2 is 1.76 bits per heavy atom. The molecule has 1 fully saturated rings. The number of alkyl halides is 3. The number of hydrogen-bond acceptors (Lipinski definition) is 8. The fraction of sp³-hybridized carbons (Fsp3) is 0.364. The van der Waals surface area contributed by atoms with E-state index in [1.165, 1.54) is 25.3 Å². The molecule has 0 saturated carbocycles. The summed E-state index contributed by atoms with van der Waals surface area (Å²) < 4.78 is 64.1. The van der Waals surface area contributed by atoms with Crippen molar-refractivity contribution in [1.82, 2.24) is 20.2 Å². The molecular weight excluding hydrogens is 456 g/mol. The highest BCUT2D eigenvalue weighted by Gasteiger charge is 2.30. The normalized spacial score (nSPS) is 18.6. The van der Waals surface area contributed by atoms with Crippen LogP contribution in [0.15, 0.2) is 36.5 Å². The molecule has 0 aliphatic carbocycles. The molecule has 0 bridgehead atoms. The molecule has 180 valence electrons.